The molecule has 0 spiro atoms. The molecule has 0 radical (unpaired) electrons. The number of nitrogens with zero attached hydrogens (tertiary/aromatic N) is 1. The summed E-state index contributed by atoms with van der Waals surface area (Å²) in [5.74, 6) is -0.179. The summed E-state index contributed by atoms with van der Waals surface area (Å²) < 4.78 is 4.74. The second kappa shape index (κ2) is 11.3. The van der Waals surface area contributed by atoms with Crippen molar-refractivity contribution < 1.29 is 19.1 Å². The highest BCUT2D eigenvalue weighted by molar-refractivity contribution is 6.05. The number of nitrogens with one attached hydrogen (secondary N) is 4. The normalized spacial score (nSPS) is 11.0. The first-order valence-corrected chi connectivity index (χ1v) is 9.86. The van der Waals surface area contributed by atoms with Crippen molar-refractivity contribution in [2.45, 2.75) is 19.9 Å². The number of amides is 4. The number of amidine groups is 1. The number of ether oxygens (including phenoxy) is 1. The molecular formula is C23H27N5O4. The fraction of sp³-hybridized carbons (Fsp3) is 0.217. The third kappa shape index (κ3) is 7.28. The highest BCUT2D eigenvalue weighted by atomic mass is 16.6. The number of urea groups is 1. The van der Waals surface area contributed by atoms with E-state index in [0.29, 0.717) is 11.3 Å². The lowest BCUT2D eigenvalue weighted by molar-refractivity contribution is -0.130. The van der Waals surface area contributed by atoms with Gasteiger partial charge >= 0.3 is 12.1 Å². The summed E-state index contributed by atoms with van der Waals surface area (Å²) >= 11 is 0. The molecule has 1 atom stereocenters. The largest absolute Gasteiger partial charge is 0.417 e. The van der Waals surface area contributed by atoms with Gasteiger partial charge in [0.05, 0.1) is 18.3 Å². The summed E-state index contributed by atoms with van der Waals surface area (Å²) in [7, 11) is 1.69. The number of carbonyl (C=O) groups excluding carboxylic acids is 3. The van der Waals surface area contributed by atoms with Crippen LogP contribution in [0.5, 0.6) is 0 Å². The quantitative estimate of drug-likeness (QED) is 0.300. The van der Waals surface area contributed by atoms with Crippen LogP contribution >= 0.6 is 0 Å². The summed E-state index contributed by atoms with van der Waals surface area (Å²) in [6.45, 7) is 6.73. The van der Waals surface area contributed by atoms with Gasteiger partial charge in [-0.2, -0.15) is 0 Å². The van der Waals surface area contributed by atoms with Gasteiger partial charge in [-0.3, -0.25) is 15.5 Å². The molecule has 9 heteroatoms. The minimum Gasteiger partial charge on any atom is -0.416 e. The number of alkyl carbamates (subject to hydrolysis) is 1. The molecule has 2 aromatic carbocycles. The van der Waals surface area contributed by atoms with E-state index in [4.69, 9.17) is 10.1 Å². The second-order valence-electron chi connectivity index (χ2n) is 7.07. The molecule has 32 heavy (non-hydrogen) atoms. The van der Waals surface area contributed by atoms with Gasteiger partial charge in [0.2, 0.25) is 5.91 Å². The van der Waals surface area contributed by atoms with Crippen LogP contribution in [0.3, 0.4) is 0 Å². The molecule has 0 unspecified atom stereocenters. The lowest BCUT2D eigenvalue weighted by atomic mass is 10.1. The first-order chi connectivity index (χ1) is 15.2. The maximum Gasteiger partial charge on any atom is 0.417 e. The Morgan fingerprint density at radius 1 is 1.09 bits per heavy atom. The number of anilines is 1. The molecule has 2 aromatic rings. The molecule has 0 saturated heterocycles. The highest BCUT2D eigenvalue weighted by Gasteiger charge is 2.17. The maximum atomic E-state index is 12.4. The number of likely N-dealkylation sites (N-methyl/N-ethyl adjacent to an activating group) is 1. The number of hydrogen-bond donors (Lipinski definition) is 4. The molecule has 0 aliphatic heterocycles. The van der Waals surface area contributed by atoms with Gasteiger partial charge in [0.1, 0.15) is 5.84 Å². The van der Waals surface area contributed by atoms with Gasteiger partial charge in [0.25, 0.3) is 0 Å². The summed E-state index contributed by atoms with van der Waals surface area (Å²) in [6.07, 6.45) is -0.805. The van der Waals surface area contributed by atoms with Crippen molar-refractivity contribution in [3.63, 3.8) is 0 Å². The molecule has 4 amide bonds. The highest BCUT2D eigenvalue weighted by Crippen LogP contribution is 2.18. The minimum atomic E-state index is -0.805. The molecule has 0 aromatic heterocycles. The van der Waals surface area contributed by atoms with Gasteiger partial charge in [0, 0.05) is 18.3 Å². The van der Waals surface area contributed by atoms with Crippen LogP contribution in [0.4, 0.5) is 15.3 Å². The first kappa shape index (κ1) is 24.1. The molecular weight excluding hydrogens is 410 g/mol. The molecule has 4 N–H and O–H groups in total. The van der Waals surface area contributed by atoms with Crippen LogP contribution in [0.2, 0.25) is 0 Å². The van der Waals surface area contributed by atoms with E-state index in [1.54, 1.807) is 36.2 Å². The topological polar surface area (TPSA) is 124 Å². The smallest absolute Gasteiger partial charge is 0.416 e. The van der Waals surface area contributed by atoms with Crippen molar-refractivity contribution in [3.8, 4) is 0 Å². The van der Waals surface area contributed by atoms with Crippen molar-refractivity contribution in [2.75, 3.05) is 18.9 Å². The Balaban J connectivity index is 1.82. The molecule has 168 valence electrons. The molecule has 0 aliphatic rings. The third-order valence-electron chi connectivity index (χ3n) is 4.58. The van der Waals surface area contributed by atoms with Gasteiger partial charge in [-0.05, 0) is 43.7 Å². The summed E-state index contributed by atoms with van der Waals surface area (Å²) in [4.78, 5) is 37.6. The Morgan fingerprint density at radius 3 is 2.31 bits per heavy atom. The Kier molecular flexibility index (Phi) is 8.53. The Bertz CT molecular complexity index is 989. The van der Waals surface area contributed by atoms with Gasteiger partial charge < -0.3 is 20.3 Å². The molecule has 0 saturated carbocycles. The Hall–Kier alpha value is -4.14. The van der Waals surface area contributed by atoms with E-state index < -0.39 is 12.1 Å². The lowest BCUT2D eigenvalue weighted by Gasteiger charge is -2.25. The Morgan fingerprint density at radius 2 is 1.72 bits per heavy atom. The predicted molar refractivity (Wildman–Crippen MR) is 122 cm³/mol. The number of rotatable bonds is 7. The SMILES string of the molecule is C=C(C)OC(=O)NC(=N)c1ccc(NC(=O)NCC(=O)N(C)[C@@H](C)c2ccccc2)cc1. The van der Waals surface area contributed by atoms with Crippen LogP contribution in [0.15, 0.2) is 66.9 Å². The third-order valence-corrected chi connectivity index (χ3v) is 4.58. The summed E-state index contributed by atoms with van der Waals surface area (Å²) in [6, 6.07) is 15.2. The van der Waals surface area contributed by atoms with Gasteiger partial charge in [-0.15, -0.1) is 0 Å². The van der Waals surface area contributed by atoms with E-state index >= 15 is 0 Å². The number of hydrogen-bond acceptors (Lipinski definition) is 5. The second-order valence-corrected chi connectivity index (χ2v) is 7.07. The Labute approximate surface area is 187 Å². The van der Waals surface area contributed by atoms with Crippen LogP contribution in [-0.4, -0.2) is 42.4 Å². The van der Waals surface area contributed by atoms with Crippen molar-refractivity contribution in [1.82, 2.24) is 15.5 Å². The predicted octanol–water partition coefficient (Wildman–Crippen LogP) is 3.61. The fourth-order valence-electron chi connectivity index (χ4n) is 2.71. The lowest BCUT2D eigenvalue weighted by Crippen LogP contribution is -2.40. The van der Waals surface area contributed by atoms with Crippen molar-refractivity contribution in [3.05, 3.63) is 78.1 Å². The minimum absolute atomic E-state index is 0.127. The van der Waals surface area contributed by atoms with Crippen LogP contribution in [-0.2, 0) is 9.53 Å². The molecule has 0 aliphatic carbocycles. The van der Waals surface area contributed by atoms with E-state index in [-0.39, 0.29) is 30.1 Å². The summed E-state index contributed by atoms with van der Waals surface area (Å²) in [5, 5.41) is 15.3. The zero-order valence-corrected chi connectivity index (χ0v) is 18.3. The monoisotopic (exact) mass is 437 g/mol. The van der Waals surface area contributed by atoms with Crippen molar-refractivity contribution >= 4 is 29.6 Å². The molecule has 9 nitrogen and oxygen atoms in total. The van der Waals surface area contributed by atoms with Gasteiger partial charge in [-0.25, -0.2) is 9.59 Å². The number of benzene rings is 2. The zero-order chi connectivity index (χ0) is 23.7. The van der Waals surface area contributed by atoms with Crippen LogP contribution < -0.4 is 16.0 Å². The van der Waals surface area contributed by atoms with E-state index in [0.717, 1.165) is 5.56 Å². The molecule has 2 rings (SSSR count). The standard InChI is InChI=1S/C23H27N5O4/c1-15(2)32-23(31)27-21(24)18-10-12-19(13-11-18)26-22(30)25-14-20(29)28(4)16(3)17-8-6-5-7-9-17/h5-13,16H,1,14H2,2-4H3,(H2,24,27,31)(H2,25,26,30)/t16-/m0/s1. The van der Waals surface area contributed by atoms with Crippen LogP contribution in [0.1, 0.15) is 31.0 Å². The molecule has 0 bridgehead atoms. The average Bonchev–Trinajstić information content (AvgIpc) is 2.76. The number of allylic oxidation sites excluding steroid dienone is 1. The molecule has 0 fully saturated rings. The maximum absolute atomic E-state index is 12.4. The van der Waals surface area contributed by atoms with Crippen LogP contribution in [0.25, 0.3) is 0 Å². The average molecular weight is 438 g/mol. The summed E-state index contributed by atoms with van der Waals surface area (Å²) in [5.41, 5.74) is 1.88. The van der Waals surface area contributed by atoms with Crippen molar-refractivity contribution in [2.24, 2.45) is 0 Å². The van der Waals surface area contributed by atoms with Gasteiger partial charge in [-0.1, -0.05) is 36.9 Å². The first-order valence-electron chi connectivity index (χ1n) is 9.86. The molecule has 0 heterocycles. The van der Waals surface area contributed by atoms with E-state index in [2.05, 4.69) is 22.5 Å². The van der Waals surface area contributed by atoms with E-state index in [1.807, 2.05) is 37.3 Å². The van der Waals surface area contributed by atoms with Crippen molar-refractivity contribution in [1.29, 1.82) is 5.41 Å². The number of carbonyl (C=O) groups is 3. The fourth-order valence-corrected chi connectivity index (χ4v) is 2.71. The van der Waals surface area contributed by atoms with Gasteiger partial charge in [0.15, 0.2) is 0 Å². The van der Waals surface area contributed by atoms with Crippen LogP contribution in [0, 0.1) is 5.41 Å². The van der Waals surface area contributed by atoms with E-state index in [9.17, 15) is 14.4 Å². The van der Waals surface area contributed by atoms with E-state index in [1.165, 1.54) is 6.92 Å². The zero-order valence-electron chi connectivity index (χ0n) is 18.3.